The standard InChI is InChI=1S/C12H20N4OS/c1-4-9(2)16(7-8-17-3)12-14-6-5-10(15-12)11(13)18/h5-6,9H,4,7-8H2,1-3H3,(H2,13,18). The first-order valence-electron chi connectivity index (χ1n) is 5.98. The van der Waals surface area contributed by atoms with Crippen LogP contribution < -0.4 is 10.6 Å². The van der Waals surface area contributed by atoms with E-state index in [1.165, 1.54) is 0 Å². The summed E-state index contributed by atoms with van der Waals surface area (Å²) in [5, 5.41) is 0. The Bertz CT molecular complexity index is 399. The van der Waals surface area contributed by atoms with Crippen LogP contribution in [0, 0.1) is 0 Å². The summed E-state index contributed by atoms with van der Waals surface area (Å²) in [6, 6.07) is 2.05. The summed E-state index contributed by atoms with van der Waals surface area (Å²) in [7, 11) is 1.68. The van der Waals surface area contributed by atoms with Crippen molar-refractivity contribution in [3.63, 3.8) is 0 Å². The van der Waals surface area contributed by atoms with Crippen LogP contribution in [0.5, 0.6) is 0 Å². The molecule has 0 aromatic carbocycles. The minimum atomic E-state index is 0.287. The van der Waals surface area contributed by atoms with Gasteiger partial charge in [-0.2, -0.15) is 0 Å². The number of thiocarbonyl (C=S) groups is 1. The highest BCUT2D eigenvalue weighted by molar-refractivity contribution is 7.80. The van der Waals surface area contributed by atoms with Gasteiger partial charge in [-0.3, -0.25) is 0 Å². The molecule has 0 aliphatic heterocycles. The van der Waals surface area contributed by atoms with Gasteiger partial charge in [0.25, 0.3) is 0 Å². The SMILES string of the molecule is CCC(C)N(CCOC)c1nccc(C(N)=S)n1. The molecule has 1 aromatic heterocycles. The zero-order valence-corrected chi connectivity index (χ0v) is 11.9. The normalized spacial score (nSPS) is 12.2. The van der Waals surface area contributed by atoms with Gasteiger partial charge in [0.15, 0.2) is 0 Å². The molecule has 6 heteroatoms. The molecule has 0 radical (unpaired) electrons. The van der Waals surface area contributed by atoms with Crippen molar-refractivity contribution in [2.75, 3.05) is 25.2 Å². The molecule has 0 saturated carbocycles. The Hall–Kier alpha value is -1.27. The molecular formula is C12H20N4OS. The van der Waals surface area contributed by atoms with E-state index >= 15 is 0 Å². The van der Waals surface area contributed by atoms with E-state index in [1.54, 1.807) is 19.4 Å². The lowest BCUT2D eigenvalue weighted by atomic mass is 10.2. The molecule has 2 N–H and O–H groups in total. The summed E-state index contributed by atoms with van der Waals surface area (Å²) in [6.45, 7) is 5.63. The predicted octanol–water partition coefficient (Wildman–Crippen LogP) is 1.36. The van der Waals surface area contributed by atoms with Crippen LogP contribution in [-0.2, 0) is 4.74 Å². The number of hydrogen-bond acceptors (Lipinski definition) is 5. The Kier molecular flexibility index (Phi) is 5.94. The van der Waals surface area contributed by atoms with Gasteiger partial charge in [0, 0.05) is 25.9 Å². The fourth-order valence-corrected chi connectivity index (χ4v) is 1.67. The lowest BCUT2D eigenvalue weighted by Gasteiger charge is -2.28. The number of ether oxygens (including phenoxy) is 1. The molecule has 0 saturated heterocycles. The monoisotopic (exact) mass is 268 g/mol. The molecule has 0 spiro atoms. The van der Waals surface area contributed by atoms with E-state index in [2.05, 4.69) is 28.7 Å². The van der Waals surface area contributed by atoms with Gasteiger partial charge in [-0.05, 0) is 19.4 Å². The summed E-state index contributed by atoms with van der Waals surface area (Å²) in [6.07, 6.45) is 2.68. The Morgan fingerprint density at radius 2 is 2.33 bits per heavy atom. The molecule has 1 heterocycles. The van der Waals surface area contributed by atoms with Gasteiger partial charge in [0.05, 0.1) is 6.61 Å². The largest absolute Gasteiger partial charge is 0.388 e. The molecule has 0 bridgehead atoms. The van der Waals surface area contributed by atoms with E-state index in [4.69, 9.17) is 22.7 Å². The second-order valence-corrected chi connectivity index (χ2v) is 4.49. The Morgan fingerprint density at radius 3 is 2.89 bits per heavy atom. The van der Waals surface area contributed by atoms with Crippen LogP contribution in [0.2, 0.25) is 0 Å². The van der Waals surface area contributed by atoms with Crippen molar-refractivity contribution in [1.29, 1.82) is 0 Å². The third-order valence-electron chi connectivity index (χ3n) is 2.81. The fourth-order valence-electron chi connectivity index (χ4n) is 1.55. The average molecular weight is 268 g/mol. The maximum absolute atomic E-state index is 5.59. The van der Waals surface area contributed by atoms with E-state index in [1.807, 2.05) is 0 Å². The van der Waals surface area contributed by atoms with Crippen molar-refractivity contribution in [2.45, 2.75) is 26.3 Å². The van der Waals surface area contributed by atoms with E-state index in [0.29, 0.717) is 24.3 Å². The van der Waals surface area contributed by atoms with E-state index < -0.39 is 0 Å². The van der Waals surface area contributed by atoms with Gasteiger partial charge in [0.2, 0.25) is 5.95 Å². The molecule has 1 atom stereocenters. The second kappa shape index (κ2) is 7.23. The van der Waals surface area contributed by atoms with Crippen molar-refractivity contribution in [3.05, 3.63) is 18.0 Å². The molecule has 0 fully saturated rings. The summed E-state index contributed by atoms with van der Waals surface area (Å²) < 4.78 is 5.12. The molecule has 0 aliphatic rings. The minimum absolute atomic E-state index is 0.287. The number of methoxy groups -OCH3 is 1. The zero-order chi connectivity index (χ0) is 13.5. The molecule has 5 nitrogen and oxygen atoms in total. The first-order valence-corrected chi connectivity index (χ1v) is 6.39. The first kappa shape index (κ1) is 14.8. The van der Waals surface area contributed by atoms with Crippen molar-refractivity contribution >= 4 is 23.2 Å². The lowest BCUT2D eigenvalue weighted by Crippen LogP contribution is -2.37. The van der Waals surface area contributed by atoms with Crippen LogP contribution in [-0.4, -0.2) is 41.3 Å². The number of aromatic nitrogens is 2. The second-order valence-electron chi connectivity index (χ2n) is 4.05. The Morgan fingerprint density at radius 1 is 1.61 bits per heavy atom. The van der Waals surface area contributed by atoms with Crippen LogP contribution in [0.25, 0.3) is 0 Å². The summed E-state index contributed by atoms with van der Waals surface area (Å²) in [5.41, 5.74) is 6.19. The van der Waals surface area contributed by atoms with Gasteiger partial charge in [-0.25, -0.2) is 9.97 Å². The lowest BCUT2D eigenvalue weighted by molar-refractivity contribution is 0.203. The molecule has 18 heavy (non-hydrogen) atoms. The van der Waals surface area contributed by atoms with Gasteiger partial charge >= 0.3 is 0 Å². The van der Waals surface area contributed by atoms with E-state index in [-0.39, 0.29) is 4.99 Å². The van der Waals surface area contributed by atoms with E-state index in [0.717, 1.165) is 13.0 Å². The van der Waals surface area contributed by atoms with Crippen LogP contribution >= 0.6 is 12.2 Å². The smallest absolute Gasteiger partial charge is 0.226 e. The molecular weight excluding hydrogens is 248 g/mol. The fraction of sp³-hybridized carbons (Fsp3) is 0.583. The molecule has 100 valence electrons. The molecule has 0 aliphatic carbocycles. The minimum Gasteiger partial charge on any atom is -0.388 e. The van der Waals surface area contributed by atoms with Crippen molar-refractivity contribution in [1.82, 2.24) is 9.97 Å². The van der Waals surface area contributed by atoms with Crippen molar-refractivity contribution in [3.8, 4) is 0 Å². The molecule has 1 unspecified atom stereocenters. The van der Waals surface area contributed by atoms with Crippen LogP contribution in [0.3, 0.4) is 0 Å². The highest BCUT2D eigenvalue weighted by atomic mass is 32.1. The maximum atomic E-state index is 5.59. The zero-order valence-electron chi connectivity index (χ0n) is 11.1. The van der Waals surface area contributed by atoms with Gasteiger partial charge in [-0.15, -0.1) is 0 Å². The quantitative estimate of drug-likeness (QED) is 0.753. The third kappa shape index (κ3) is 3.89. The maximum Gasteiger partial charge on any atom is 0.226 e. The number of nitrogens with two attached hydrogens (primary N) is 1. The van der Waals surface area contributed by atoms with Gasteiger partial charge in [0.1, 0.15) is 10.7 Å². The number of anilines is 1. The van der Waals surface area contributed by atoms with Crippen LogP contribution in [0.15, 0.2) is 12.3 Å². The topological polar surface area (TPSA) is 64.3 Å². The number of rotatable bonds is 7. The van der Waals surface area contributed by atoms with Crippen molar-refractivity contribution < 1.29 is 4.74 Å². The predicted molar refractivity (Wildman–Crippen MR) is 76.9 cm³/mol. The third-order valence-corrected chi connectivity index (χ3v) is 3.02. The highest BCUT2D eigenvalue weighted by Gasteiger charge is 2.16. The summed E-state index contributed by atoms with van der Waals surface area (Å²) >= 11 is 4.93. The van der Waals surface area contributed by atoms with Gasteiger partial charge < -0.3 is 15.4 Å². The molecule has 0 amide bonds. The number of hydrogen-bond donors (Lipinski definition) is 1. The highest BCUT2D eigenvalue weighted by Crippen LogP contribution is 2.13. The van der Waals surface area contributed by atoms with Crippen molar-refractivity contribution in [2.24, 2.45) is 5.73 Å². The van der Waals surface area contributed by atoms with Crippen LogP contribution in [0.1, 0.15) is 26.0 Å². The Balaban J connectivity index is 2.96. The molecule has 1 rings (SSSR count). The number of nitrogens with zero attached hydrogens (tertiary/aromatic N) is 3. The van der Waals surface area contributed by atoms with E-state index in [9.17, 15) is 0 Å². The summed E-state index contributed by atoms with van der Waals surface area (Å²) in [5.74, 6) is 0.645. The molecule has 1 aromatic rings. The Labute approximate surface area is 113 Å². The van der Waals surface area contributed by atoms with Crippen LogP contribution in [0.4, 0.5) is 5.95 Å². The first-order chi connectivity index (χ1) is 8.60. The van der Waals surface area contributed by atoms with Gasteiger partial charge in [-0.1, -0.05) is 19.1 Å². The summed E-state index contributed by atoms with van der Waals surface area (Å²) in [4.78, 5) is 11.1. The average Bonchev–Trinajstić information content (AvgIpc) is 2.39.